The number of aryl methyl sites for hydroxylation is 1. The molecule has 154 valence electrons. The fourth-order valence-electron chi connectivity index (χ4n) is 3.49. The minimum absolute atomic E-state index is 0.0470. The van der Waals surface area contributed by atoms with E-state index in [1.165, 1.54) is 5.56 Å². The van der Waals surface area contributed by atoms with E-state index in [1.54, 1.807) is 19.4 Å². The van der Waals surface area contributed by atoms with Crippen molar-refractivity contribution in [3.8, 4) is 5.75 Å². The average molecular weight is 396 g/mol. The van der Waals surface area contributed by atoms with E-state index in [4.69, 9.17) is 10.5 Å². The molecule has 0 saturated carbocycles. The molecule has 3 N–H and O–H groups in total. The number of carbonyl (C=O) groups is 2. The lowest BCUT2D eigenvalue weighted by atomic mass is 9.96. The maximum Gasteiger partial charge on any atom is 0.252 e. The predicted octanol–water partition coefficient (Wildman–Crippen LogP) is 2.15. The number of piperidine rings is 1. The van der Waals surface area contributed by atoms with Crippen molar-refractivity contribution >= 4 is 17.6 Å². The number of hydrogen-bond donors (Lipinski definition) is 2. The molecular weight excluding hydrogens is 368 g/mol. The zero-order valence-electron chi connectivity index (χ0n) is 16.8. The van der Waals surface area contributed by atoms with Crippen molar-refractivity contribution in [2.45, 2.75) is 25.7 Å². The Hall–Kier alpha value is -3.09. The standard InChI is InChI=1S/C22H28N4O3/c1-29-19-7-4-16(5-8-19)3-2-12-24-22(28)18-6-9-20(25-15-18)26-13-10-17(11-14-26)21(23)27/h4-9,15,17H,2-3,10-14H2,1H3,(H2,23,27)(H,24,28). The molecule has 29 heavy (non-hydrogen) atoms. The van der Waals surface area contributed by atoms with Gasteiger partial charge in [-0.1, -0.05) is 12.1 Å². The third-order valence-corrected chi connectivity index (χ3v) is 5.32. The normalized spacial score (nSPS) is 14.4. The van der Waals surface area contributed by atoms with Crippen LogP contribution in [0.4, 0.5) is 5.82 Å². The highest BCUT2D eigenvalue weighted by Gasteiger charge is 2.23. The zero-order chi connectivity index (χ0) is 20.6. The van der Waals surface area contributed by atoms with E-state index in [-0.39, 0.29) is 17.7 Å². The third-order valence-electron chi connectivity index (χ3n) is 5.32. The maximum atomic E-state index is 12.3. The van der Waals surface area contributed by atoms with E-state index in [0.29, 0.717) is 12.1 Å². The number of anilines is 1. The molecule has 7 nitrogen and oxygen atoms in total. The Morgan fingerprint density at radius 1 is 1.17 bits per heavy atom. The second-order valence-corrected chi connectivity index (χ2v) is 7.28. The number of aromatic nitrogens is 1. The number of pyridine rings is 1. The predicted molar refractivity (Wildman–Crippen MR) is 112 cm³/mol. The van der Waals surface area contributed by atoms with Gasteiger partial charge in [0.2, 0.25) is 5.91 Å². The number of nitrogens with zero attached hydrogens (tertiary/aromatic N) is 2. The highest BCUT2D eigenvalue weighted by molar-refractivity contribution is 5.94. The Labute approximate surface area is 171 Å². The molecule has 0 aliphatic carbocycles. The summed E-state index contributed by atoms with van der Waals surface area (Å²) >= 11 is 0. The molecule has 0 bridgehead atoms. The molecule has 1 aliphatic rings. The van der Waals surface area contributed by atoms with Gasteiger partial charge in [-0.25, -0.2) is 4.98 Å². The highest BCUT2D eigenvalue weighted by atomic mass is 16.5. The summed E-state index contributed by atoms with van der Waals surface area (Å²) in [5.74, 6) is 1.27. The summed E-state index contributed by atoms with van der Waals surface area (Å²) in [5.41, 5.74) is 7.14. The Kier molecular flexibility index (Phi) is 7.05. The van der Waals surface area contributed by atoms with E-state index < -0.39 is 0 Å². The van der Waals surface area contributed by atoms with Gasteiger partial charge in [0, 0.05) is 31.7 Å². The van der Waals surface area contributed by atoms with Gasteiger partial charge in [0.15, 0.2) is 0 Å². The van der Waals surface area contributed by atoms with E-state index in [2.05, 4.69) is 15.2 Å². The third kappa shape index (κ3) is 5.70. The Morgan fingerprint density at radius 3 is 2.48 bits per heavy atom. The average Bonchev–Trinajstić information content (AvgIpc) is 2.77. The first-order chi connectivity index (χ1) is 14.1. The number of ether oxygens (including phenoxy) is 1. The Bertz CT molecular complexity index is 813. The zero-order valence-corrected chi connectivity index (χ0v) is 16.8. The molecule has 1 fully saturated rings. The first-order valence-electron chi connectivity index (χ1n) is 9.98. The van der Waals surface area contributed by atoms with Gasteiger partial charge in [0.25, 0.3) is 5.91 Å². The van der Waals surface area contributed by atoms with Crippen LogP contribution in [0.15, 0.2) is 42.6 Å². The van der Waals surface area contributed by atoms with Crippen LogP contribution in [0.1, 0.15) is 35.2 Å². The van der Waals surface area contributed by atoms with Crippen molar-refractivity contribution in [2.24, 2.45) is 11.7 Å². The molecule has 3 rings (SSSR count). The lowest BCUT2D eigenvalue weighted by molar-refractivity contribution is -0.122. The largest absolute Gasteiger partial charge is 0.497 e. The summed E-state index contributed by atoms with van der Waals surface area (Å²) in [6, 6.07) is 11.6. The summed E-state index contributed by atoms with van der Waals surface area (Å²) in [6.45, 7) is 2.10. The van der Waals surface area contributed by atoms with Crippen LogP contribution in [0.3, 0.4) is 0 Å². The van der Waals surface area contributed by atoms with Gasteiger partial charge in [-0.3, -0.25) is 9.59 Å². The van der Waals surface area contributed by atoms with Crippen LogP contribution in [0.25, 0.3) is 0 Å². The molecular formula is C22H28N4O3. The number of nitrogens with one attached hydrogen (secondary N) is 1. The van der Waals surface area contributed by atoms with Crippen LogP contribution >= 0.6 is 0 Å². The van der Waals surface area contributed by atoms with Crippen molar-refractivity contribution in [2.75, 3.05) is 31.6 Å². The van der Waals surface area contributed by atoms with Gasteiger partial charge >= 0.3 is 0 Å². The number of primary amides is 1. The molecule has 0 unspecified atom stereocenters. The molecule has 2 amide bonds. The second kappa shape index (κ2) is 9.91. The van der Waals surface area contributed by atoms with Crippen LogP contribution in [-0.2, 0) is 11.2 Å². The van der Waals surface area contributed by atoms with E-state index in [1.807, 2.05) is 30.3 Å². The molecule has 1 aromatic carbocycles. The van der Waals surface area contributed by atoms with Gasteiger partial charge in [-0.15, -0.1) is 0 Å². The summed E-state index contributed by atoms with van der Waals surface area (Å²) in [6.07, 6.45) is 4.84. The van der Waals surface area contributed by atoms with Crippen molar-refractivity contribution in [1.29, 1.82) is 0 Å². The van der Waals surface area contributed by atoms with E-state index >= 15 is 0 Å². The lowest BCUT2D eigenvalue weighted by Crippen LogP contribution is -2.38. The fraction of sp³-hybridized carbons (Fsp3) is 0.409. The maximum absolute atomic E-state index is 12.3. The minimum Gasteiger partial charge on any atom is -0.497 e. The topological polar surface area (TPSA) is 97.5 Å². The first kappa shape index (κ1) is 20.6. The van der Waals surface area contributed by atoms with Crippen molar-refractivity contribution in [1.82, 2.24) is 10.3 Å². The lowest BCUT2D eigenvalue weighted by Gasteiger charge is -2.31. The van der Waals surface area contributed by atoms with Crippen molar-refractivity contribution in [3.05, 3.63) is 53.7 Å². The quantitative estimate of drug-likeness (QED) is 0.667. The molecule has 0 radical (unpaired) electrons. The molecule has 2 heterocycles. The minimum atomic E-state index is -0.225. The van der Waals surface area contributed by atoms with Gasteiger partial charge < -0.3 is 20.7 Å². The van der Waals surface area contributed by atoms with Crippen LogP contribution in [-0.4, -0.2) is 43.5 Å². The Balaban J connectivity index is 1.42. The SMILES string of the molecule is COc1ccc(CCCNC(=O)c2ccc(N3CCC(C(N)=O)CC3)nc2)cc1. The van der Waals surface area contributed by atoms with Crippen LogP contribution < -0.4 is 20.7 Å². The van der Waals surface area contributed by atoms with E-state index in [0.717, 1.165) is 50.3 Å². The summed E-state index contributed by atoms with van der Waals surface area (Å²) < 4.78 is 5.15. The highest BCUT2D eigenvalue weighted by Crippen LogP contribution is 2.21. The van der Waals surface area contributed by atoms with Gasteiger partial charge in [-0.2, -0.15) is 0 Å². The summed E-state index contributed by atoms with van der Waals surface area (Å²) in [5, 5.41) is 2.94. The fourth-order valence-corrected chi connectivity index (χ4v) is 3.49. The molecule has 1 aromatic heterocycles. The first-order valence-corrected chi connectivity index (χ1v) is 9.98. The molecule has 1 aliphatic heterocycles. The molecule has 2 aromatic rings. The molecule has 0 spiro atoms. The Morgan fingerprint density at radius 2 is 1.90 bits per heavy atom. The number of methoxy groups -OCH3 is 1. The van der Waals surface area contributed by atoms with Gasteiger partial charge in [-0.05, 0) is 55.5 Å². The monoisotopic (exact) mass is 396 g/mol. The summed E-state index contributed by atoms with van der Waals surface area (Å²) in [7, 11) is 1.65. The molecule has 0 atom stereocenters. The van der Waals surface area contributed by atoms with E-state index in [9.17, 15) is 9.59 Å². The van der Waals surface area contributed by atoms with Crippen LogP contribution in [0.2, 0.25) is 0 Å². The molecule has 7 heteroatoms. The summed E-state index contributed by atoms with van der Waals surface area (Å²) in [4.78, 5) is 30.1. The van der Waals surface area contributed by atoms with Gasteiger partial charge in [0.05, 0.1) is 12.7 Å². The van der Waals surface area contributed by atoms with Crippen LogP contribution in [0, 0.1) is 5.92 Å². The van der Waals surface area contributed by atoms with Crippen LogP contribution in [0.5, 0.6) is 5.75 Å². The smallest absolute Gasteiger partial charge is 0.252 e. The number of hydrogen-bond acceptors (Lipinski definition) is 5. The number of amides is 2. The van der Waals surface area contributed by atoms with Crippen molar-refractivity contribution < 1.29 is 14.3 Å². The second-order valence-electron chi connectivity index (χ2n) is 7.28. The number of rotatable bonds is 8. The van der Waals surface area contributed by atoms with Crippen molar-refractivity contribution in [3.63, 3.8) is 0 Å². The van der Waals surface area contributed by atoms with Gasteiger partial charge in [0.1, 0.15) is 11.6 Å². The number of carbonyl (C=O) groups excluding carboxylic acids is 2. The number of benzene rings is 1. The molecule has 1 saturated heterocycles. The number of nitrogens with two attached hydrogens (primary N) is 1.